The number of hydrogen-bond acceptors (Lipinski definition) is 3. The Morgan fingerprint density at radius 1 is 1.21 bits per heavy atom. The Morgan fingerprint density at radius 3 is 2.63 bits per heavy atom. The van der Waals surface area contributed by atoms with Gasteiger partial charge in [-0.05, 0) is 36.4 Å². The predicted molar refractivity (Wildman–Crippen MR) is 78.4 cm³/mol. The third kappa shape index (κ3) is 2.07. The van der Waals surface area contributed by atoms with Gasteiger partial charge in [-0.1, -0.05) is 15.9 Å². The lowest BCUT2D eigenvalue weighted by Crippen LogP contribution is -1.86. The van der Waals surface area contributed by atoms with Crippen LogP contribution in [0.1, 0.15) is 5.56 Å². The summed E-state index contributed by atoms with van der Waals surface area (Å²) in [5.74, 6) is 0.740. The van der Waals surface area contributed by atoms with Gasteiger partial charge in [0.25, 0.3) is 0 Å². The molecule has 0 fully saturated rings. The molecule has 92 valence electrons. The molecular weight excluding hydrogens is 304 g/mol. The maximum Gasteiger partial charge on any atom is 0.138 e. The molecule has 1 aromatic heterocycles. The summed E-state index contributed by atoms with van der Waals surface area (Å²) in [5, 5.41) is 8.79. The van der Waals surface area contributed by atoms with E-state index in [-0.39, 0.29) is 0 Å². The van der Waals surface area contributed by atoms with Crippen LogP contribution in [0.4, 0.5) is 5.69 Å². The number of nitrogens with zero attached hydrogens (tertiary/aromatic N) is 2. The number of nitrogen functional groups attached to an aromatic ring is 1. The van der Waals surface area contributed by atoms with E-state index in [9.17, 15) is 0 Å². The molecule has 3 N–H and O–H groups in total. The van der Waals surface area contributed by atoms with E-state index in [4.69, 9.17) is 11.0 Å². The molecule has 0 aliphatic rings. The van der Waals surface area contributed by atoms with Crippen LogP contribution in [0, 0.1) is 11.3 Å². The number of nitrogens with one attached hydrogen (secondary N) is 1. The van der Waals surface area contributed by atoms with Crippen LogP contribution in [-0.4, -0.2) is 9.97 Å². The first-order valence-corrected chi connectivity index (χ1v) is 6.42. The molecule has 0 spiro atoms. The molecule has 3 rings (SSSR count). The van der Waals surface area contributed by atoms with Crippen LogP contribution in [0.15, 0.2) is 40.9 Å². The van der Waals surface area contributed by atoms with Gasteiger partial charge in [-0.15, -0.1) is 0 Å². The maximum absolute atomic E-state index is 8.79. The number of anilines is 1. The second-order valence-corrected chi connectivity index (χ2v) is 5.08. The topological polar surface area (TPSA) is 78.5 Å². The van der Waals surface area contributed by atoms with E-state index in [1.54, 1.807) is 12.1 Å². The Hall–Kier alpha value is -2.32. The number of nitriles is 1. The van der Waals surface area contributed by atoms with Crippen LogP contribution < -0.4 is 5.73 Å². The van der Waals surface area contributed by atoms with Crippen molar-refractivity contribution in [2.45, 2.75) is 0 Å². The van der Waals surface area contributed by atoms with E-state index in [2.05, 4.69) is 32.0 Å². The van der Waals surface area contributed by atoms with Crippen LogP contribution in [0.2, 0.25) is 0 Å². The van der Waals surface area contributed by atoms with Gasteiger partial charge in [-0.2, -0.15) is 5.26 Å². The maximum atomic E-state index is 8.79. The van der Waals surface area contributed by atoms with Gasteiger partial charge in [0.05, 0.1) is 22.8 Å². The van der Waals surface area contributed by atoms with Crippen molar-refractivity contribution < 1.29 is 0 Å². The predicted octanol–water partition coefficient (Wildman–Crippen LogP) is 3.45. The Kier molecular flexibility index (Phi) is 2.73. The minimum absolute atomic E-state index is 0.625. The van der Waals surface area contributed by atoms with Crippen molar-refractivity contribution >= 4 is 32.7 Å². The van der Waals surface area contributed by atoms with Crippen molar-refractivity contribution in [1.29, 1.82) is 5.26 Å². The second kappa shape index (κ2) is 4.41. The van der Waals surface area contributed by atoms with Crippen molar-refractivity contribution in [2.75, 3.05) is 5.73 Å². The zero-order chi connectivity index (χ0) is 13.4. The number of aromatic amines is 1. The molecule has 3 aromatic rings. The van der Waals surface area contributed by atoms with Crippen LogP contribution in [0.3, 0.4) is 0 Å². The van der Waals surface area contributed by atoms with Gasteiger partial charge in [0.1, 0.15) is 11.3 Å². The summed E-state index contributed by atoms with van der Waals surface area (Å²) in [6.45, 7) is 0. The largest absolute Gasteiger partial charge is 0.397 e. The molecule has 0 saturated carbocycles. The number of hydrogen-bond donors (Lipinski definition) is 2. The zero-order valence-corrected chi connectivity index (χ0v) is 11.4. The smallest absolute Gasteiger partial charge is 0.138 e. The fraction of sp³-hybridized carbons (Fsp3) is 0. The molecule has 0 radical (unpaired) electrons. The Balaban J connectivity index is 2.15. The third-order valence-corrected chi connectivity index (χ3v) is 3.33. The number of halogens is 1. The standard InChI is InChI=1S/C14H9BrN4/c15-10-5-11(17)13-12(6-10)18-14(19-13)9-3-1-8(7-16)2-4-9/h1-6H,17H2,(H,18,19). The Bertz CT molecular complexity index is 797. The molecule has 0 atom stereocenters. The highest BCUT2D eigenvalue weighted by atomic mass is 79.9. The SMILES string of the molecule is N#Cc1ccc(-c2nc3c(N)cc(Br)cc3[nH]2)cc1. The van der Waals surface area contributed by atoms with E-state index < -0.39 is 0 Å². The number of benzene rings is 2. The number of fused-ring (bicyclic) bond motifs is 1. The normalized spacial score (nSPS) is 10.5. The molecule has 19 heavy (non-hydrogen) atoms. The lowest BCUT2D eigenvalue weighted by atomic mass is 10.1. The first kappa shape index (κ1) is 11.8. The van der Waals surface area contributed by atoms with Gasteiger partial charge in [0, 0.05) is 10.0 Å². The lowest BCUT2D eigenvalue weighted by molar-refractivity contribution is 1.33. The second-order valence-electron chi connectivity index (χ2n) is 4.17. The number of aromatic nitrogens is 2. The monoisotopic (exact) mass is 312 g/mol. The minimum Gasteiger partial charge on any atom is -0.397 e. The van der Waals surface area contributed by atoms with Crippen molar-refractivity contribution in [2.24, 2.45) is 0 Å². The third-order valence-electron chi connectivity index (χ3n) is 2.87. The summed E-state index contributed by atoms with van der Waals surface area (Å²) < 4.78 is 0.910. The summed E-state index contributed by atoms with van der Waals surface area (Å²) in [4.78, 5) is 7.72. The van der Waals surface area contributed by atoms with Crippen LogP contribution in [-0.2, 0) is 0 Å². The average Bonchev–Trinajstić information content (AvgIpc) is 2.83. The summed E-state index contributed by atoms with van der Waals surface area (Å²) in [6.07, 6.45) is 0. The first-order chi connectivity index (χ1) is 9.17. The highest BCUT2D eigenvalue weighted by molar-refractivity contribution is 9.10. The van der Waals surface area contributed by atoms with E-state index >= 15 is 0 Å². The quantitative estimate of drug-likeness (QED) is 0.675. The summed E-state index contributed by atoms with van der Waals surface area (Å²) >= 11 is 3.40. The molecule has 0 bridgehead atoms. The van der Waals surface area contributed by atoms with E-state index in [1.807, 2.05) is 24.3 Å². The number of rotatable bonds is 1. The average molecular weight is 313 g/mol. The van der Waals surface area contributed by atoms with Crippen molar-refractivity contribution in [3.05, 3.63) is 46.4 Å². The summed E-state index contributed by atoms with van der Waals surface area (Å²) in [6, 6.07) is 13.1. The summed E-state index contributed by atoms with van der Waals surface area (Å²) in [7, 11) is 0. The zero-order valence-electron chi connectivity index (χ0n) is 9.81. The van der Waals surface area contributed by atoms with E-state index in [0.717, 1.165) is 26.9 Å². The number of nitrogens with two attached hydrogens (primary N) is 1. The van der Waals surface area contributed by atoms with E-state index in [0.29, 0.717) is 11.3 Å². The van der Waals surface area contributed by atoms with Crippen LogP contribution >= 0.6 is 15.9 Å². The fourth-order valence-corrected chi connectivity index (χ4v) is 2.42. The number of H-pyrrole nitrogens is 1. The molecule has 0 aliphatic heterocycles. The van der Waals surface area contributed by atoms with Gasteiger partial charge in [-0.25, -0.2) is 4.98 Å². The molecule has 5 heteroatoms. The first-order valence-electron chi connectivity index (χ1n) is 5.62. The molecule has 2 aromatic carbocycles. The Morgan fingerprint density at radius 2 is 1.95 bits per heavy atom. The number of imidazole rings is 1. The lowest BCUT2D eigenvalue weighted by Gasteiger charge is -1.95. The van der Waals surface area contributed by atoms with Crippen LogP contribution in [0.25, 0.3) is 22.4 Å². The van der Waals surface area contributed by atoms with Crippen LogP contribution in [0.5, 0.6) is 0 Å². The van der Waals surface area contributed by atoms with Gasteiger partial charge < -0.3 is 10.7 Å². The molecule has 4 nitrogen and oxygen atoms in total. The van der Waals surface area contributed by atoms with Gasteiger partial charge >= 0.3 is 0 Å². The molecular formula is C14H9BrN4. The minimum atomic E-state index is 0.625. The van der Waals surface area contributed by atoms with Crippen molar-refractivity contribution in [3.63, 3.8) is 0 Å². The highest BCUT2D eigenvalue weighted by Crippen LogP contribution is 2.27. The van der Waals surface area contributed by atoms with Gasteiger partial charge in [-0.3, -0.25) is 0 Å². The summed E-state index contributed by atoms with van der Waals surface area (Å²) in [5.41, 5.74) is 9.75. The fourth-order valence-electron chi connectivity index (χ4n) is 1.95. The Labute approximate surface area is 118 Å². The van der Waals surface area contributed by atoms with Gasteiger partial charge in [0.15, 0.2) is 0 Å². The molecule has 0 unspecified atom stereocenters. The van der Waals surface area contributed by atoms with Gasteiger partial charge in [0.2, 0.25) is 0 Å². The molecule has 0 amide bonds. The van der Waals surface area contributed by atoms with Crippen molar-refractivity contribution in [3.8, 4) is 17.5 Å². The van der Waals surface area contributed by atoms with E-state index in [1.165, 1.54) is 0 Å². The highest BCUT2D eigenvalue weighted by Gasteiger charge is 2.08. The van der Waals surface area contributed by atoms with Crippen molar-refractivity contribution in [1.82, 2.24) is 9.97 Å². The molecule has 0 aliphatic carbocycles. The molecule has 0 saturated heterocycles. The molecule has 1 heterocycles.